The number of para-hydroxylation sites is 1. The Morgan fingerprint density at radius 1 is 0.815 bits per heavy atom. The summed E-state index contributed by atoms with van der Waals surface area (Å²) in [6.07, 6.45) is 1.74. The number of H-pyrrole nitrogens is 1. The minimum atomic E-state index is -4.44. The van der Waals surface area contributed by atoms with Crippen LogP contribution in [0, 0.1) is 5.92 Å². The van der Waals surface area contributed by atoms with Crippen molar-refractivity contribution in [2.75, 3.05) is 13.3 Å². The maximum Gasteiger partial charge on any atom is 0.408 e. The number of hydrogen-bond donors (Lipinski definition) is 4. The lowest BCUT2D eigenvalue weighted by molar-refractivity contribution is -0.145. The number of methoxy groups -OCH3 is 1. The zero-order valence-electron chi connectivity index (χ0n) is 29.6. The van der Waals surface area contributed by atoms with Crippen LogP contribution in [0.15, 0.2) is 132 Å². The van der Waals surface area contributed by atoms with E-state index in [4.69, 9.17) is 14.0 Å². The van der Waals surface area contributed by atoms with Crippen molar-refractivity contribution < 1.29 is 37.8 Å². The van der Waals surface area contributed by atoms with E-state index in [1.54, 1.807) is 42.6 Å². The normalized spacial score (nSPS) is 14.0. The van der Waals surface area contributed by atoms with Gasteiger partial charge in [-0.25, -0.2) is 9.59 Å². The van der Waals surface area contributed by atoms with Crippen LogP contribution in [-0.2, 0) is 49.5 Å². The largest absolute Gasteiger partial charge is 0.467 e. The summed E-state index contributed by atoms with van der Waals surface area (Å²) in [4.78, 5) is 55.7. The van der Waals surface area contributed by atoms with Crippen LogP contribution >= 0.6 is 7.37 Å². The molecule has 12 nitrogen and oxygen atoms in total. The molecule has 0 saturated carbocycles. The van der Waals surface area contributed by atoms with Gasteiger partial charge in [0.1, 0.15) is 30.4 Å². The molecule has 6 aromatic rings. The van der Waals surface area contributed by atoms with Crippen molar-refractivity contribution in [3.8, 4) is 11.3 Å². The number of benzene rings is 4. The zero-order chi connectivity index (χ0) is 37.9. The molecule has 54 heavy (non-hydrogen) atoms. The van der Waals surface area contributed by atoms with Crippen LogP contribution in [0.25, 0.3) is 22.2 Å². The summed E-state index contributed by atoms with van der Waals surface area (Å²) >= 11 is 0. The van der Waals surface area contributed by atoms with Crippen LogP contribution in [0.4, 0.5) is 4.79 Å². The molecule has 0 aliphatic rings. The van der Waals surface area contributed by atoms with Crippen LogP contribution in [0.1, 0.15) is 22.3 Å². The Bertz CT molecular complexity index is 2210. The highest BCUT2D eigenvalue weighted by atomic mass is 31.2. The third-order valence-corrected chi connectivity index (χ3v) is 11.4. The van der Waals surface area contributed by atoms with Gasteiger partial charge in [-0.1, -0.05) is 114 Å². The van der Waals surface area contributed by atoms with Crippen molar-refractivity contribution in [3.63, 3.8) is 0 Å². The molecule has 3 unspecified atom stereocenters. The minimum Gasteiger partial charge on any atom is -0.467 e. The van der Waals surface area contributed by atoms with Gasteiger partial charge in [0, 0.05) is 47.2 Å². The number of hydrogen-bond acceptors (Lipinski definition) is 8. The molecule has 2 amide bonds. The first-order valence-corrected chi connectivity index (χ1v) is 19.4. The van der Waals surface area contributed by atoms with Crippen LogP contribution in [-0.4, -0.2) is 58.1 Å². The van der Waals surface area contributed by atoms with Crippen molar-refractivity contribution in [1.29, 1.82) is 0 Å². The Kier molecular flexibility index (Phi) is 12.4. The van der Waals surface area contributed by atoms with E-state index in [2.05, 4.69) is 20.8 Å². The fourth-order valence-electron chi connectivity index (χ4n) is 6.36. The summed E-state index contributed by atoms with van der Waals surface area (Å²) < 4.78 is 30.4. The fraction of sp³-hybridized carbons (Fsp3) is 0.220. The maximum atomic E-state index is 14.6. The number of fused-ring (bicyclic) bond motifs is 1. The average Bonchev–Trinajstić information content (AvgIpc) is 3.84. The van der Waals surface area contributed by atoms with Crippen LogP contribution < -0.4 is 10.6 Å². The molecule has 0 radical (unpaired) electrons. The minimum absolute atomic E-state index is 0.0166. The highest BCUT2D eigenvalue weighted by Gasteiger charge is 2.39. The predicted molar refractivity (Wildman–Crippen MR) is 203 cm³/mol. The van der Waals surface area contributed by atoms with E-state index in [-0.39, 0.29) is 25.9 Å². The maximum absolute atomic E-state index is 14.6. The lowest BCUT2D eigenvalue weighted by atomic mass is 9.97. The van der Waals surface area contributed by atoms with Gasteiger partial charge in [0.25, 0.3) is 0 Å². The molecule has 13 heteroatoms. The van der Waals surface area contributed by atoms with Crippen molar-refractivity contribution in [2.24, 2.45) is 5.92 Å². The zero-order valence-corrected chi connectivity index (χ0v) is 30.5. The van der Waals surface area contributed by atoms with Gasteiger partial charge >= 0.3 is 12.1 Å². The molecule has 278 valence electrons. The molecule has 4 aromatic carbocycles. The molecular formula is C41H41N4O8P. The topological polar surface area (TPSA) is 173 Å². The average molecular weight is 749 g/mol. The number of carbonyl (C=O) groups is 3. The van der Waals surface area contributed by atoms with Crippen LogP contribution in [0.2, 0.25) is 0 Å². The highest BCUT2D eigenvalue weighted by Crippen LogP contribution is 2.49. The Hall–Kier alpha value is -5.97. The first-order chi connectivity index (χ1) is 26.2. The number of rotatable bonds is 16. The molecule has 0 spiro atoms. The van der Waals surface area contributed by atoms with Gasteiger partial charge in [-0.15, -0.1) is 0 Å². The molecule has 0 aliphatic heterocycles. The Morgan fingerprint density at radius 3 is 2.17 bits per heavy atom. The van der Waals surface area contributed by atoms with E-state index in [0.29, 0.717) is 16.8 Å². The molecule has 0 aliphatic carbocycles. The summed E-state index contributed by atoms with van der Waals surface area (Å²) in [7, 11) is -3.21. The summed E-state index contributed by atoms with van der Waals surface area (Å²) in [6, 6.07) is 33.7. The quantitative estimate of drug-likeness (QED) is 0.0625. The molecule has 4 atom stereocenters. The first-order valence-electron chi connectivity index (χ1n) is 17.4. The van der Waals surface area contributed by atoms with Gasteiger partial charge in [-0.3, -0.25) is 9.36 Å². The van der Waals surface area contributed by atoms with Gasteiger partial charge in [0.05, 0.1) is 13.0 Å². The molecule has 0 fully saturated rings. The Balaban J connectivity index is 1.29. The number of esters is 1. The first kappa shape index (κ1) is 37.8. The molecule has 0 bridgehead atoms. The number of nitrogens with one attached hydrogen (secondary N) is 3. The van der Waals surface area contributed by atoms with Gasteiger partial charge in [-0.2, -0.15) is 0 Å². The monoisotopic (exact) mass is 748 g/mol. The van der Waals surface area contributed by atoms with Crippen LogP contribution in [0.5, 0.6) is 0 Å². The molecular weight excluding hydrogens is 707 g/mol. The van der Waals surface area contributed by atoms with Crippen LogP contribution in [0.3, 0.4) is 0 Å². The van der Waals surface area contributed by atoms with E-state index in [1.807, 2.05) is 78.9 Å². The summed E-state index contributed by atoms with van der Waals surface area (Å²) in [5.74, 6) is -3.85. The standard InChI is InChI=1S/C41H41N4O8P/c1-51-40(47)36(23-31-24-42-35-20-12-11-19-34(31)35)43-39(46)33(22-32-26-53-45-38(32)30-17-9-4-10-18-30)27-54(49,50)37(21-28-13-5-2-6-14-28)44-41(48)52-25-29-15-7-3-8-16-29/h2-20,24,26,33,36-37,42H,21-23,25,27H2,1H3,(H,43,46)(H,44,48)(H,49,50)/t33?,36-,37?/m0/s1. The number of aromatic amines is 1. The SMILES string of the molecule is COC(=O)[C@H](Cc1c[nH]c2ccccc12)NC(=O)C(Cc1conc1-c1ccccc1)CP(=O)(O)C(Cc1ccccc1)NC(=O)OCc1ccccc1. The fourth-order valence-corrected chi connectivity index (χ4v) is 8.35. The predicted octanol–water partition coefficient (Wildman–Crippen LogP) is 6.65. The van der Waals surface area contributed by atoms with Gasteiger partial charge in [-0.05, 0) is 29.2 Å². The number of carbonyl (C=O) groups excluding carboxylic acids is 3. The number of aromatic nitrogens is 2. The lowest BCUT2D eigenvalue weighted by Crippen LogP contribution is -2.47. The second-order valence-corrected chi connectivity index (χ2v) is 15.5. The number of amides is 2. The Morgan fingerprint density at radius 2 is 1.46 bits per heavy atom. The van der Waals surface area contributed by atoms with Crippen molar-refractivity contribution in [2.45, 2.75) is 37.7 Å². The Labute approximate surface area is 312 Å². The van der Waals surface area contributed by atoms with E-state index >= 15 is 0 Å². The smallest absolute Gasteiger partial charge is 0.408 e. The van der Waals surface area contributed by atoms with Gasteiger partial charge < -0.3 is 34.5 Å². The molecule has 2 heterocycles. The van der Waals surface area contributed by atoms with Crippen molar-refractivity contribution in [3.05, 3.63) is 150 Å². The molecule has 2 aromatic heterocycles. The molecule has 0 saturated heterocycles. The van der Waals surface area contributed by atoms with Crippen molar-refractivity contribution >= 4 is 36.2 Å². The van der Waals surface area contributed by atoms with Gasteiger partial charge in [0.15, 0.2) is 0 Å². The van der Waals surface area contributed by atoms with Gasteiger partial charge in [0.2, 0.25) is 13.3 Å². The van der Waals surface area contributed by atoms with E-state index in [1.165, 1.54) is 13.4 Å². The number of nitrogens with zero attached hydrogens (tertiary/aromatic N) is 1. The highest BCUT2D eigenvalue weighted by molar-refractivity contribution is 7.58. The number of ether oxygens (including phenoxy) is 2. The second-order valence-electron chi connectivity index (χ2n) is 13.0. The molecule has 4 N–H and O–H groups in total. The van der Waals surface area contributed by atoms with E-state index in [0.717, 1.165) is 27.6 Å². The van der Waals surface area contributed by atoms with E-state index in [9.17, 15) is 23.8 Å². The lowest BCUT2D eigenvalue weighted by Gasteiger charge is -2.28. The summed E-state index contributed by atoms with van der Waals surface area (Å²) in [6.45, 7) is -0.0490. The second kappa shape index (κ2) is 17.7. The summed E-state index contributed by atoms with van der Waals surface area (Å²) in [5.41, 5.74) is 4.78. The third-order valence-electron chi connectivity index (χ3n) is 9.17. The van der Waals surface area contributed by atoms with E-state index < -0.39 is 49.2 Å². The number of alkyl carbamates (subject to hydrolysis) is 1. The summed E-state index contributed by atoms with van der Waals surface area (Å²) in [5, 5.41) is 10.5. The molecule has 6 rings (SSSR count). The van der Waals surface area contributed by atoms with Crippen molar-refractivity contribution in [1.82, 2.24) is 20.8 Å². The third kappa shape index (κ3) is 9.71.